The van der Waals surface area contributed by atoms with Crippen molar-refractivity contribution < 1.29 is 29.5 Å². The van der Waals surface area contributed by atoms with Crippen molar-refractivity contribution >= 4 is 30.2 Å². The minimum absolute atomic E-state index is 0.101. The number of benzene rings is 1. The summed E-state index contributed by atoms with van der Waals surface area (Å²) >= 11 is 0. The minimum atomic E-state index is -1.50. The average molecular weight is 561 g/mol. The molecule has 0 aliphatic carbocycles. The number of carbonyl (C=O) groups excluding carboxylic acids is 2. The SMILES string of the molecule is CN[C@@H](CCCCNC(=O)CCCCCCCCCCCCCCCCC(=O)c1ccc(B(O)O)cc1)C(=O)O. The molecule has 0 spiro atoms. The highest BCUT2D eigenvalue weighted by atomic mass is 16.4. The number of unbranched alkanes of at least 4 members (excludes halogenated alkanes) is 14. The molecular weight excluding hydrogens is 507 g/mol. The molecule has 1 amide bonds. The maximum absolute atomic E-state index is 12.2. The second-order valence-electron chi connectivity index (χ2n) is 10.9. The molecule has 0 heterocycles. The first-order valence-electron chi connectivity index (χ1n) is 15.5. The Kier molecular flexibility index (Phi) is 21.0. The van der Waals surface area contributed by atoms with E-state index in [-0.39, 0.29) is 11.7 Å². The number of rotatable bonds is 26. The summed E-state index contributed by atoms with van der Waals surface area (Å²) in [6.07, 6.45) is 19.8. The molecule has 0 radical (unpaired) electrons. The summed E-state index contributed by atoms with van der Waals surface area (Å²) in [4.78, 5) is 35.1. The molecule has 5 N–H and O–H groups in total. The molecule has 0 bridgehead atoms. The standard InChI is InChI=1S/C31H53BN2O6/c1-33-28(31(37)38)18-16-17-25-34-30(36)20-15-13-11-9-7-5-3-2-4-6-8-10-12-14-19-29(35)26-21-23-27(24-22-26)32(39)40/h21-24,28,33,39-40H,2-20,25H2,1H3,(H,34,36)(H,37,38)/t28-/m0/s1. The van der Waals surface area contributed by atoms with Crippen LogP contribution >= 0.6 is 0 Å². The molecule has 1 atom stereocenters. The number of hydrogen-bond donors (Lipinski definition) is 5. The molecule has 1 rings (SSSR count). The van der Waals surface area contributed by atoms with Crippen LogP contribution in [-0.2, 0) is 9.59 Å². The maximum atomic E-state index is 12.2. The monoisotopic (exact) mass is 560 g/mol. The molecule has 0 aliphatic rings. The number of ketones is 1. The van der Waals surface area contributed by atoms with Crippen molar-refractivity contribution in [3.05, 3.63) is 29.8 Å². The molecule has 0 fully saturated rings. The number of hydrogen-bond acceptors (Lipinski definition) is 6. The smallest absolute Gasteiger partial charge is 0.480 e. The molecule has 0 unspecified atom stereocenters. The number of nitrogens with one attached hydrogen (secondary N) is 2. The summed E-state index contributed by atoms with van der Waals surface area (Å²) in [6.45, 7) is 0.617. The zero-order chi connectivity index (χ0) is 29.4. The Morgan fingerprint density at radius 2 is 1.18 bits per heavy atom. The van der Waals surface area contributed by atoms with E-state index in [2.05, 4.69) is 10.6 Å². The van der Waals surface area contributed by atoms with Gasteiger partial charge in [-0.15, -0.1) is 0 Å². The van der Waals surface area contributed by atoms with Gasteiger partial charge in [0.05, 0.1) is 0 Å². The minimum Gasteiger partial charge on any atom is -0.480 e. The summed E-state index contributed by atoms with van der Waals surface area (Å²) in [5.74, 6) is -0.610. The van der Waals surface area contributed by atoms with Gasteiger partial charge in [-0.2, -0.15) is 0 Å². The van der Waals surface area contributed by atoms with E-state index in [1.54, 1.807) is 31.3 Å². The van der Waals surface area contributed by atoms with Crippen molar-refractivity contribution in [1.82, 2.24) is 10.6 Å². The van der Waals surface area contributed by atoms with E-state index < -0.39 is 19.1 Å². The van der Waals surface area contributed by atoms with Crippen LogP contribution in [0.4, 0.5) is 0 Å². The van der Waals surface area contributed by atoms with Crippen LogP contribution in [-0.4, -0.2) is 59.6 Å². The van der Waals surface area contributed by atoms with Crippen molar-refractivity contribution in [2.75, 3.05) is 13.6 Å². The van der Waals surface area contributed by atoms with Gasteiger partial charge in [-0.1, -0.05) is 101 Å². The van der Waals surface area contributed by atoms with E-state index in [1.165, 1.54) is 64.2 Å². The largest absolute Gasteiger partial charge is 0.488 e. The number of carbonyl (C=O) groups is 3. The van der Waals surface area contributed by atoms with Crippen molar-refractivity contribution in [3.63, 3.8) is 0 Å². The Morgan fingerprint density at radius 3 is 1.62 bits per heavy atom. The lowest BCUT2D eigenvalue weighted by Gasteiger charge is -2.10. The van der Waals surface area contributed by atoms with Crippen molar-refractivity contribution in [2.45, 2.75) is 128 Å². The van der Waals surface area contributed by atoms with E-state index >= 15 is 0 Å². The van der Waals surface area contributed by atoms with Crippen LogP contribution < -0.4 is 16.1 Å². The number of Topliss-reactive ketones (excluding diaryl/α,β-unsaturated/α-hetero) is 1. The summed E-state index contributed by atoms with van der Waals surface area (Å²) in [5.41, 5.74) is 1.03. The van der Waals surface area contributed by atoms with Crippen molar-refractivity contribution in [1.29, 1.82) is 0 Å². The lowest BCUT2D eigenvalue weighted by atomic mass is 9.80. The zero-order valence-electron chi connectivity index (χ0n) is 24.7. The van der Waals surface area contributed by atoms with Crippen LogP contribution in [0.3, 0.4) is 0 Å². The molecular formula is C31H53BN2O6. The summed E-state index contributed by atoms with van der Waals surface area (Å²) in [5, 5.41) is 32.9. The van der Waals surface area contributed by atoms with Gasteiger partial charge in [-0.3, -0.25) is 14.4 Å². The third kappa shape index (κ3) is 18.2. The van der Waals surface area contributed by atoms with E-state index in [0.717, 1.165) is 38.5 Å². The molecule has 226 valence electrons. The number of carboxylic acid groups (broad SMARTS) is 1. The van der Waals surface area contributed by atoms with Crippen LogP contribution in [0.2, 0.25) is 0 Å². The van der Waals surface area contributed by atoms with E-state index in [0.29, 0.717) is 36.8 Å². The number of likely N-dealkylation sites (N-methyl/N-ethyl adjacent to an activating group) is 1. The van der Waals surface area contributed by atoms with Gasteiger partial charge in [-0.25, -0.2) is 0 Å². The topological polar surface area (TPSA) is 136 Å². The van der Waals surface area contributed by atoms with Gasteiger partial charge in [0.1, 0.15) is 6.04 Å². The fourth-order valence-corrected chi connectivity index (χ4v) is 4.86. The van der Waals surface area contributed by atoms with Crippen LogP contribution in [0.25, 0.3) is 0 Å². The molecule has 0 saturated heterocycles. The Balaban J connectivity index is 1.82. The zero-order valence-corrected chi connectivity index (χ0v) is 24.7. The molecule has 8 nitrogen and oxygen atoms in total. The lowest BCUT2D eigenvalue weighted by Crippen LogP contribution is -2.33. The number of carboxylic acids is 1. The second kappa shape index (κ2) is 23.5. The molecule has 0 aliphatic heterocycles. The van der Waals surface area contributed by atoms with Crippen LogP contribution in [0, 0.1) is 0 Å². The molecule has 1 aromatic carbocycles. The molecule has 0 aromatic heterocycles. The summed E-state index contributed by atoms with van der Waals surface area (Å²) < 4.78 is 0. The highest BCUT2D eigenvalue weighted by Crippen LogP contribution is 2.14. The van der Waals surface area contributed by atoms with Crippen molar-refractivity contribution in [3.8, 4) is 0 Å². The van der Waals surface area contributed by atoms with Crippen LogP contribution in [0.5, 0.6) is 0 Å². The van der Waals surface area contributed by atoms with Gasteiger partial charge in [-0.05, 0) is 44.6 Å². The highest BCUT2D eigenvalue weighted by molar-refractivity contribution is 6.58. The Labute approximate surface area is 241 Å². The first kappa shape index (κ1) is 35.8. The summed E-state index contributed by atoms with van der Waals surface area (Å²) in [7, 11) is 0.154. The van der Waals surface area contributed by atoms with Gasteiger partial charge in [0.15, 0.2) is 5.78 Å². The molecule has 40 heavy (non-hydrogen) atoms. The maximum Gasteiger partial charge on any atom is 0.488 e. The number of aliphatic carboxylic acids is 1. The quantitative estimate of drug-likeness (QED) is 0.0627. The average Bonchev–Trinajstić information content (AvgIpc) is 2.94. The Hall–Kier alpha value is -2.23. The van der Waals surface area contributed by atoms with Crippen LogP contribution in [0.15, 0.2) is 24.3 Å². The fourth-order valence-electron chi connectivity index (χ4n) is 4.86. The predicted molar refractivity (Wildman–Crippen MR) is 162 cm³/mol. The predicted octanol–water partition coefficient (Wildman–Crippen LogP) is 4.75. The fraction of sp³-hybridized carbons (Fsp3) is 0.710. The van der Waals surface area contributed by atoms with E-state index in [9.17, 15) is 14.4 Å². The van der Waals surface area contributed by atoms with Crippen molar-refractivity contribution in [2.24, 2.45) is 0 Å². The van der Waals surface area contributed by atoms with E-state index in [4.69, 9.17) is 15.2 Å². The molecule has 0 saturated carbocycles. The first-order valence-corrected chi connectivity index (χ1v) is 15.5. The third-order valence-electron chi connectivity index (χ3n) is 7.48. The first-order chi connectivity index (χ1) is 19.3. The Bertz CT molecular complexity index is 819. The van der Waals surface area contributed by atoms with Gasteiger partial charge in [0, 0.05) is 24.9 Å². The van der Waals surface area contributed by atoms with Crippen LogP contribution in [0.1, 0.15) is 132 Å². The van der Waals surface area contributed by atoms with Gasteiger partial charge < -0.3 is 25.8 Å². The third-order valence-corrected chi connectivity index (χ3v) is 7.48. The normalized spacial score (nSPS) is 11.8. The lowest BCUT2D eigenvalue weighted by molar-refractivity contribution is -0.139. The Morgan fingerprint density at radius 1 is 0.700 bits per heavy atom. The van der Waals surface area contributed by atoms with E-state index in [1.807, 2.05) is 0 Å². The summed E-state index contributed by atoms with van der Waals surface area (Å²) in [6, 6.07) is 5.99. The molecule has 9 heteroatoms. The van der Waals surface area contributed by atoms with Gasteiger partial charge in [0.25, 0.3) is 0 Å². The number of amides is 1. The van der Waals surface area contributed by atoms with Gasteiger partial charge >= 0.3 is 13.1 Å². The second-order valence-corrected chi connectivity index (χ2v) is 10.9. The van der Waals surface area contributed by atoms with Gasteiger partial charge in [0.2, 0.25) is 5.91 Å². The highest BCUT2D eigenvalue weighted by Gasteiger charge is 2.14. The molecule has 1 aromatic rings.